The summed E-state index contributed by atoms with van der Waals surface area (Å²) in [5.41, 5.74) is 8.44. The number of unbranched alkanes of at least 4 members (excludes halogenated alkanes) is 2. The van der Waals surface area contributed by atoms with Crippen LogP contribution in [0.4, 0.5) is 0 Å². The molecule has 0 saturated carbocycles. The number of aliphatic carboxylic acids is 1. The molecule has 292 valence electrons. The van der Waals surface area contributed by atoms with Crippen molar-refractivity contribution in [1.29, 1.82) is 0 Å². The molecular weight excluding hydrogens is 737 g/mol. The Balaban J connectivity index is 1.07. The second kappa shape index (κ2) is 19.6. The SMILES string of the molecule is O=C(O)CCCCCC(=O)NCc1cccc(-c2cccc([C@H]3O[C@@H](CSc4nc(-c5ccccc5)c(-c5ccccc5)o4)C[C@@H](c4ccc(CO)cc4)O3)c2)c1. The van der Waals surface area contributed by atoms with Gasteiger partial charge in [0.15, 0.2) is 12.1 Å². The highest BCUT2D eigenvalue weighted by Crippen LogP contribution is 2.41. The third kappa shape index (κ3) is 10.9. The molecule has 3 atom stereocenters. The van der Waals surface area contributed by atoms with Gasteiger partial charge in [0, 0.05) is 48.3 Å². The number of carbonyl (C=O) groups excluding carboxylic acids is 1. The van der Waals surface area contributed by atoms with Gasteiger partial charge in [-0.05, 0) is 52.8 Å². The quantitative estimate of drug-likeness (QED) is 0.0611. The highest BCUT2D eigenvalue weighted by atomic mass is 32.2. The second-order valence-electron chi connectivity index (χ2n) is 14.1. The zero-order valence-corrected chi connectivity index (χ0v) is 32.4. The molecule has 1 aliphatic heterocycles. The van der Waals surface area contributed by atoms with Crippen LogP contribution in [-0.2, 0) is 32.2 Å². The van der Waals surface area contributed by atoms with Gasteiger partial charge in [0.1, 0.15) is 5.69 Å². The molecule has 0 spiro atoms. The number of carboxylic acids is 1. The number of benzene rings is 5. The third-order valence-corrected chi connectivity index (χ3v) is 10.9. The van der Waals surface area contributed by atoms with E-state index >= 15 is 0 Å². The van der Waals surface area contributed by atoms with Gasteiger partial charge < -0.3 is 29.4 Å². The van der Waals surface area contributed by atoms with E-state index in [9.17, 15) is 14.7 Å². The summed E-state index contributed by atoms with van der Waals surface area (Å²) in [5, 5.41) is 22.0. The van der Waals surface area contributed by atoms with E-state index < -0.39 is 12.3 Å². The molecule has 1 amide bonds. The minimum atomic E-state index is -0.809. The molecule has 3 N–H and O–H groups in total. The average Bonchev–Trinajstić information content (AvgIpc) is 3.70. The molecule has 0 bridgehead atoms. The molecule has 5 aromatic carbocycles. The molecule has 1 fully saturated rings. The maximum Gasteiger partial charge on any atom is 0.303 e. The van der Waals surface area contributed by atoms with Crippen LogP contribution >= 0.6 is 11.8 Å². The Labute approximate surface area is 337 Å². The Hall–Kier alpha value is -5.52. The summed E-state index contributed by atoms with van der Waals surface area (Å²) in [5.74, 6) is 0.457. The number of aliphatic hydroxyl groups is 1. The summed E-state index contributed by atoms with van der Waals surface area (Å²) in [4.78, 5) is 28.1. The number of oxazole rings is 1. The number of aromatic nitrogens is 1. The second-order valence-corrected chi connectivity index (χ2v) is 15.1. The zero-order chi connectivity index (χ0) is 39.4. The summed E-state index contributed by atoms with van der Waals surface area (Å²) in [7, 11) is 0. The number of carbonyl (C=O) groups is 2. The number of ether oxygens (including phenoxy) is 2. The number of aliphatic hydroxyl groups excluding tert-OH is 1. The molecular formula is C47H46N2O7S. The highest BCUT2D eigenvalue weighted by molar-refractivity contribution is 7.99. The normalized spacial score (nSPS) is 16.6. The fourth-order valence-corrected chi connectivity index (χ4v) is 7.72. The molecule has 9 nitrogen and oxygen atoms in total. The first-order valence-corrected chi connectivity index (χ1v) is 20.3. The Bertz CT molecular complexity index is 2170. The van der Waals surface area contributed by atoms with Crippen molar-refractivity contribution < 1.29 is 33.7 Å². The van der Waals surface area contributed by atoms with Gasteiger partial charge in [-0.25, -0.2) is 4.98 Å². The molecule has 1 aromatic heterocycles. The topological polar surface area (TPSA) is 131 Å². The van der Waals surface area contributed by atoms with Gasteiger partial charge in [0.05, 0.1) is 18.8 Å². The Kier molecular flexibility index (Phi) is 13.6. The van der Waals surface area contributed by atoms with E-state index in [1.54, 1.807) is 0 Å². The van der Waals surface area contributed by atoms with Crippen molar-refractivity contribution in [2.45, 2.75) is 75.4 Å². The third-order valence-electron chi connectivity index (χ3n) is 9.90. The largest absolute Gasteiger partial charge is 0.481 e. The van der Waals surface area contributed by atoms with Crippen LogP contribution in [0.1, 0.15) is 73.2 Å². The van der Waals surface area contributed by atoms with Crippen molar-refractivity contribution in [1.82, 2.24) is 10.3 Å². The highest BCUT2D eigenvalue weighted by Gasteiger charge is 2.33. The van der Waals surface area contributed by atoms with E-state index in [-0.39, 0.29) is 31.1 Å². The summed E-state index contributed by atoms with van der Waals surface area (Å²) in [6, 6.07) is 44.2. The lowest BCUT2D eigenvalue weighted by atomic mass is 9.99. The molecule has 6 aromatic rings. The van der Waals surface area contributed by atoms with Crippen LogP contribution in [0.25, 0.3) is 33.7 Å². The molecule has 1 aliphatic rings. The van der Waals surface area contributed by atoms with E-state index in [1.807, 2.05) is 115 Å². The summed E-state index contributed by atoms with van der Waals surface area (Å²) in [6.07, 6.45) is 1.98. The van der Waals surface area contributed by atoms with Gasteiger partial charge in [-0.15, -0.1) is 0 Å². The fraction of sp³-hybridized carbons (Fsp3) is 0.255. The lowest BCUT2D eigenvalue weighted by molar-refractivity contribution is -0.245. The molecule has 2 heterocycles. The number of nitrogens with one attached hydrogen (secondary N) is 1. The molecule has 7 rings (SSSR count). The maximum absolute atomic E-state index is 12.5. The monoisotopic (exact) mass is 782 g/mol. The van der Waals surface area contributed by atoms with Crippen molar-refractivity contribution in [2.75, 3.05) is 5.75 Å². The van der Waals surface area contributed by atoms with Crippen LogP contribution in [0, 0.1) is 0 Å². The molecule has 1 saturated heterocycles. The van der Waals surface area contributed by atoms with Gasteiger partial charge in [0.25, 0.3) is 5.22 Å². The number of thioether (sulfide) groups is 1. The number of rotatable bonds is 17. The first kappa shape index (κ1) is 39.7. The van der Waals surface area contributed by atoms with Crippen molar-refractivity contribution in [2.24, 2.45) is 0 Å². The predicted molar refractivity (Wildman–Crippen MR) is 221 cm³/mol. The van der Waals surface area contributed by atoms with Crippen LogP contribution < -0.4 is 5.32 Å². The van der Waals surface area contributed by atoms with Crippen molar-refractivity contribution in [3.8, 4) is 33.7 Å². The van der Waals surface area contributed by atoms with E-state index in [0.717, 1.165) is 56.0 Å². The number of amides is 1. The number of hydrogen-bond donors (Lipinski definition) is 3. The van der Waals surface area contributed by atoms with Crippen LogP contribution in [0.15, 0.2) is 143 Å². The van der Waals surface area contributed by atoms with Gasteiger partial charge in [-0.3, -0.25) is 9.59 Å². The summed E-state index contributed by atoms with van der Waals surface area (Å²) >= 11 is 1.52. The van der Waals surface area contributed by atoms with E-state index in [2.05, 4.69) is 23.5 Å². The minimum absolute atomic E-state index is 0.0283. The van der Waals surface area contributed by atoms with Gasteiger partial charge in [-0.2, -0.15) is 0 Å². The van der Waals surface area contributed by atoms with Crippen LogP contribution in [0.3, 0.4) is 0 Å². The maximum atomic E-state index is 12.5. The molecule has 10 heteroatoms. The van der Waals surface area contributed by atoms with E-state index in [0.29, 0.717) is 49.6 Å². The van der Waals surface area contributed by atoms with Gasteiger partial charge in [-0.1, -0.05) is 140 Å². The van der Waals surface area contributed by atoms with Gasteiger partial charge >= 0.3 is 5.97 Å². The Morgan fingerprint density at radius 2 is 1.39 bits per heavy atom. The summed E-state index contributed by atoms with van der Waals surface area (Å²) in [6.45, 7) is 0.371. The predicted octanol–water partition coefficient (Wildman–Crippen LogP) is 10.2. The molecule has 0 radical (unpaired) electrons. The Morgan fingerprint density at radius 1 is 0.702 bits per heavy atom. The van der Waals surface area contributed by atoms with E-state index in [1.165, 1.54) is 11.8 Å². The lowest BCUT2D eigenvalue weighted by Gasteiger charge is -2.36. The van der Waals surface area contributed by atoms with E-state index in [4.69, 9.17) is 24.0 Å². The zero-order valence-electron chi connectivity index (χ0n) is 31.6. The molecule has 57 heavy (non-hydrogen) atoms. The number of hydrogen-bond acceptors (Lipinski definition) is 8. The Morgan fingerprint density at radius 3 is 2.12 bits per heavy atom. The standard InChI is InChI=1S/C47H46N2O7S/c50-30-32-22-24-34(25-23-32)41-28-40(31-57-47-49-44(35-13-4-1-5-14-35)45(56-47)36-15-6-2-7-16-36)54-46(55-41)39-19-11-18-38(27-39)37-17-10-12-33(26-37)29-48-42(51)20-8-3-9-21-43(52)53/h1-2,4-7,10-19,22-27,40-41,46,50H,3,8-9,20-21,28-31H2,(H,48,51)(H,52,53)/t40-,41+,46+/m1/s1. The van der Waals surface area contributed by atoms with Crippen LogP contribution in [0.2, 0.25) is 0 Å². The average molecular weight is 783 g/mol. The number of carboxylic acid groups (broad SMARTS) is 1. The first-order chi connectivity index (χ1) is 27.9. The molecule has 0 unspecified atom stereocenters. The smallest absolute Gasteiger partial charge is 0.303 e. The van der Waals surface area contributed by atoms with Crippen molar-refractivity contribution in [3.63, 3.8) is 0 Å². The first-order valence-electron chi connectivity index (χ1n) is 19.3. The van der Waals surface area contributed by atoms with Gasteiger partial charge in [0.2, 0.25) is 5.91 Å². The van der Waals surface area contributed by atoms with Crippen molar-refractivity contribution in [3.05, 3.63) is 156 Å². The fourth-order valence-electron chi connectivity index (χ4n) is 6.88. The summed E-state index contributed by atoms with van der Waals surface area (Å²) < 4.78 is 19.8. The molecule has 0 aliphatic carbocycles. The van der Waals surface area contributed by atoms with Crippen LogP contribution in [-0.4, -0.2) is 38.9 Å². The van der Waals surface area contributed by atoms with Crippen molar-refractivity contribution >= 4 is 23.6 Å². The lowest BCUT2D eigenvalue weighted by Crippen LogP contribution is -2.31. The van der Waals surface area contributed by atoms with Crippen LogP contribution in [0.5, 0.6) is 0 Å². The minimum Gasteiger partial charge on any atom is -0.481 e. The number of nitrogens with zero attached hydrogens (tertiary/aromatic N) is 1.